The largest absolute Gasteiger partial charge is 0.493 e. The first-order valence-corrected chi connectivity index (χ1v) is 10.0. The Balaban J connectivity index is 1.48. The van der Waals surface area contributed by atoms with Gasteiger partial charge in [-0.1, -0.05) is 17.7 Å². The van der Waals surface area contributed by atoms with Crippen molar-refractivity contribution in [2.24, 2.45) is 5.92 Å². The Labute approximate surface area is 166 Å². The molecular weight excluding hydrogens is 356 g/mol. The number of likely N-dealkylation sites (tertiary alicyclic amines) is 1. The molecule has 1 aromatic rings. The summed E-state index contributed by atoms with van der Waals surface area (Å²) in [7, 11) is 3.18. The average Bonchev–Trinajstić information content (AvgIpc) is 3.11. The fourth-order valence-corrected chi connectivity index (χ4v) is 3.90. The van der Waals surface area contributed by atoms with Gasteiger partial charge >= 0.3 is 0 Å². The number of carbonyl (C=O) groups is 2. The lowest BCUT2D eigenvalue weighted by Gasteiger charge is -2.19. The van der Waals surface area contributed by atoms with Gasteiger partial charge in [0.05, 0.1) is 20.1 Å². The van der Waals surface area contributed by atoms with E-state index in [1.165, 1.54) is 18.4 Å². The quantitative estimate of drug-likeness (QED) is 0.697. The van der Waals surface area contributed by atoms with Crippen LogP contribution in [0.1, 0.15) is 44.1 Å². The number of methoxy groups -OCH3 is 2. The smallest absolute Gasteiger partial charge is 0.225 e. The van der Waals surface area contributed by atoms with E-state index in [1.807, 2.05) is 23.1 Å². The van der Waals surface area contributed by atoms with Gasteiger partial charge in [-0.05, 0) is 49.8 Å². The first-order chi connectivity index (χ1) is 13.6. The molecular formula is C22H30N2O4. The fraction of sp³-hybridized carbons (Fsp3) is 0.545. The minimum Gasteiger partial charge on any atom is -0.493 e. The number of ether oxygens (including phenoxy) is 2. The fourth-order valence-electron chi connectivity index (χ4n) is 3.90. The van der Waals surface area contributed by atoms with Gasteiger partial charge in [-0.3, -0.25) is 9.59 Å². The lowest BCUT2D eigenvalue weighted by atomic mass is 9.97. The summed E-state index contributed by atoms with van der Waals surface area (Å²) in [6.07, 6.45) is 8.39. The molecule has 0 radical (unpaired) electrons. The Kier molecular flexibility index (Phi) is 6.95. The van der Waals surface area contributed by atoms with Crippen LogP contribution in [0.3, 0.4) is 0 Å². The van der Waals surface area contributed by atoms with Crippen molar-refractivity contribution >= 4 is 11.8 Å². The molecule has 0 spiro atoms. The second kappa shape index (κ2) is 9.62. The third-order valence-electron chi connectivity index (χ3n) is 5.59. The van der Waals surface area contributed by atoms with Crippen molar-refractivity contribution in [3.8, 4) is 11.5 Å². The Hall–Kier alpha value is -2.50. The number of rotatable bonds is 8. The van der Waals surface area contributed by atoms with Crippen molar-refractivity contribution in [2.45, 2.75) is 45.1 Å². The van der Waals surface area contributed by atoms with Gasteiger partial charge in [0.1, 0.15) is 0 Å². The Morgan fingerprint density at radius 1 is 1.21 bits per heavy atom. The zero-order valence-electron chi connectivity index (χ0n) is 16.8. The van der Waals surface area contributed by atoms with Crippen LogP contribution in [0.5, 0.6) is 11.5 Å². The molecule has 28 heavy (non-hydrogen) atoms. The molecule has 1 fully saturated rings. The monoisotopic (exact) mass is 386 g/mol. The van der Waals surface area contributed by atoms with Crippen LogP contribution < -0.4 is 14.8 Å². The molecule has 152 valence electrons. The minimum atomic E-state index is -0.270. The van der Waals surface area contributed by atoms with Crippen molar-refractivity contribution < 1.29 is 19.1 Å². The maximum Gasteiger partial charge on any atom is 0.225 e. The maximum atomic E-state index is 12.5. The van der Waals surface area contributed by atoms with E-state index in [0.29, 0.717) is 31.0 Å². The SMILES string of the molecule is COc1ccc(CNC(=O)C2CC(=O)N(CCC3=CCCCC3)C2)cc1OC. The molecule has 1 atom stereocenters. The zero-order chi connectivity index (χ0) is 19.9. The molecule has 6 nitrogen and oxygen atoms in total. The van der Waals surface area contributed by atoms with Gasteiger partial charge < -0.3 is 19.7 Å². The van der Waals surface area contributed by atoms with Crippen LogP contribution in [0.4, 0.5) is 0 Å². The van der Waals surface area contributed by atoms with E-state index in [2.05, 4.69) is 11.4 Å². The van der Waals surface area contributed by atoms with Crippen LogP contribution in [0, 0.1) is 5.92 Å². The van der Waals surface area contributed by atoms with Gasteiger partial charge in [-0.2, -0.15) is 0 Å². The van der Waals surface area contributed by atoms with Crippen molar-refractivity contribution in [3.63, 3.8) is 0 Å². The van der Waals surface area contributed by atoms with Crippen LogP contribution >= 0.6 is 0 Å². The standard InChI is InChI=1S/C22H30N2O4/c1-27-19-9-8-17(12-20(19)28-2)14-23-22(26)18-13-21(25)24(15-18)11-10-16-6-4-3-5-7-16/h6,8-9,12,18H,3-5,7,10-11,13-15H2,1-2H3,(H,23,26). The van der Waals surface area contributed by atoms with E-state index in [0.717, 1.165) is 31.4 Å². The minimum absolute atomic E-state index is 0.0671. The van der Waals surface area contributed by atoms with Crippen molar-refractivity contribution in [3.05, 3.63) is 35.4 Å². The molecule has 0 aromatic heterocycles. The molecule has 0 saturated carbocycles. The summed E-state index contributed by atoms with van der Waals surface area (Å²) in [6.45, 7) is 1.64. The van der Waals surface area contributed by atoms with Crippen molar-refractivity contribution in [2.75, 3.05) is 27.3 Å². The number of allylic oxidation sites excluding steroid dienone is 1. The zero-order valence-corrected chi connectivity index (χ0v) is 16.8. The highest BCUT2D eigenvalue weighted by Crippen LogP contribution is 2.28. The molecule has 1 N–H and O–H groups in total. The Morgan fingerprint density at radius 3 is 2.75 bits per heavy atom. The molecule has 1 heterocycles. The van der Waals surface area contributed by atoms with E-state index in [4.69, 9.17) is 9.47 Å². The molecule has 3 rings (SSSR count). The molecule has 1 aromatic carbocycles. The number of carbonyl (C=O) groups excluding carboxylic acids is 2. The van der Waals surface area contributed by atoms with Gasteiger partial charge in [0.25, 0.3) is 0 Å². The second-order valence-electron chi connectivity index (χ2n) is 7.51. The molecule has 1 saturated heterocycles. The van der Waals surface area contributed by atoms with E-state index in [9.17, 15) is 9.59 Å². The number of amides is 2. The first-order valence-electron chi connectivity index (χ1n) is 10.0. The summed E-state index contributed by atoms with van der Waals surface area (Å²) in [5.41, 5.74) is 2.39. The molecule has 6 heteroatoms. The van der Waals surface area contributed by atoms with Crippen LogP contribution in [0.2, 0.25) is 0 Å². The van der Waals surface area contributed by atoms with Crippen LogP contribution in [0.25, 0.3) is 0 Å². The highest BCUT2D eigenvalue weighted by Gasteiger charge is 2.33. The summed E-state index contributed by atoms with van der Waals surface area (Å²) in [5, 5.41) is 2.95. The highest BCUT2D eigenvalue weighted by molar-refractivity contribution is 5.89. The molecule has 1 aliphatic heterocycles. The summed E-state index contributed by atoms with van der Waals surface area (Å²) < 4.78 is 10.5. The third-order valence-corrected chi connectivity index (χ3v) is 5.59. The number of nitrogens with zero attached hydrogens (tertiary/aromatic N) is 1. The van der Waals surface area contributed by atoms with Crippen LogP contribution in [0.15, 0.2) is 29.8 Å². The van der Waals surface area contributed by atoms with E-state index in [-0.39, 0.29) is 17.7 Å². The van der Waals surface area contributed by atoms with Gasteiger partial charge in [-0.15, -0.1) is 0 Å². The van der Waals surface area contributed by atoms with Crippen LogP contribution in [-0.4, -0.2) is 44.0 Å². The van der Waals surface area contributed by atoms with Gasteiger partial charge in [0.15, 0.2) is 11.5 Å². The maximum absolute atomic E-state index is 12.5. The second-order valence-corrected chi connectivity index (χ2v) is 7.51. The molecule has 2 aliphatic rings. The van der Waals surface area contributed by atoms with E-state index in [1.54, 1.807) is 14.2 Å². The number of hydrogen-bond acceptors (Lipinski definition) is 4. The molecule has 0 bridgehead atoms. The number of hydrogen-bond donors (Lipinski definition) is 1. The van der Waals surface area contributed by atoms with E-state index >= 15 is 0 Å². The summed E-state index contributed by atoms with van der Waals surface area (Å²) in [4.78, 5) is 26.7. The molecule has 1 aliphatic carbocycles. The summed E-state index contributed by atoms with van der Waals surface area (Å²) in [5.74, 6) is 1.04. The average molecular weight is 386 g/mol. The third kappa shape index (κ3) is 5.06. The Morgan fingerprint density at radius 2 is 2.04 bits per heavy atom. The summed E-state index contributed by atoms with van der Waals surface area (Å²) >= 11 is 0. The topological polar surface area (TPSA) is 67.9 Å². The van der Waals surface area contributed by atoms with Crippen LogP contribution in [-0.2, 0) is 16.1 Å². The van der Waals surface area contributed by atoms with Crippen molar-refractivity contribution in [1.82, 2.24) is 10.2 Å². The normalized spacial score (nSPS) is 19.4. The van der Waals surface area contributed by atoms with Gasteiger partial charge in [-0.25, -0.2) is 0 Å². The lowest BCUT2D eigenvalue weighted by Crippen LogP contribution is -2.33. The summed E-state index contributed by atoms with van der Waals surface area (Å²) in [6, 6.07) is 5.57. The van der Waals surface area contributed by atoms with Crippen molar-refractivity contribution in [1.29, 1.82) is 0 Å². The predicted molar refractivity (Wildman–Crippen MR) is 107 cm³/mol. The number of nitrogens with one attached hydrogen (secondary N) is 1. The highest BCUT2D eigenvalue weighted by atomic mass is 16.5. The van der Waals surface area contributed by atoms with Gasteiger partial charge in [0, 0.05) is 26.1 Å². The molecule has 2 amide bonds. The van der Waals surface area contributed by atoms with E-state index < -0.39 is 0 Å². The first kappa shape index (κ1) is 20.2. The van der Waals surface area contributed by atoms with Gasteiger partial charge in [0.2, 0.25) is 11.8 Å². The predicted octanol–water partition coefficient (Wildman–Crippen LogP) is 3.06. The lowest BCUT2D eigenvalue weighted by molar-refractivity contribution is -0.129. The molecule has 1 unspecified atom stereocenters. The number of benzene rings is 1. The Bertz CT molecular complexity index is 744.